The van der Waals surface area contributed by atoms with Gasteiger partial charge in [-0.05, 0) is 30.7 Å². The van der Waals surface area contributed by atoms with E-state index in [1.165, 1.54) is 6.07 Å². The maximum absolute atomic E-state index is 12.5. The molecule has 0 aliphatic carbocycles. The van der Waals surface area contributed by atoms with Crippen LogP contribution in [0.3, 0.4) is 0 Å². The number of hydrogen-bond donors (Lipinski definition) is 2. The van der Waals surface area contributed by atoms with Gasteiger partial charge in [-0.2, -0.15) is 0 Å². The summed E-state index contributed by atoms with van der Waals surface area (Å²) < 4.78 is 7.01. The number of unbranched alkanes of at least 4 members (excludes halogenated alkanes) is 1. The molecule has 0 atom stereocenters. The molecule has 0 fully saturated rings. The van der Waals surface area contributed by atoms with Crippen LogP contribution < -0.4 is 16.5 Å². The first-order chi connectivity index (χ1) is 15.1. The summed E-state index contributed by atoms with van der Waals surface area (Å²) in [7, 11) is 0. The molecule has 2 aromatic heterocycles. The van der Waals surface area contributed by atoms with Crippen molar-refractivity contribution < 1.29 is 14.0 Å². The van der Waals surface area contributed by atoms with Crippen LogP contribution in [0, 0.1) is 0 Å². The number of benzene rings is 2. The van der Waals surface area contributed by atoms with Crippen LogP contribution in [0.2, 0.25) is 0 Å². The molecule has 4 rings (SSSR count). The molecule has 31 heavy (non-hydrogen) atoms. The zero-order valence-corrected chi connectivity index (χ0v) is 17.1. The van der Waals surface area contributed by atoms with Crippen LogP contribution >= 0.6 is 0 Å². The van der Waals surface area contributed by atoms with Gasteiger partial charge in [-0.3, -0.25) is 20.4 Å². The number of aromatic nitrogens is 2. The van der Waals surface area contributed by atoms with Crippen molar-refractivity contribution in [3.63, 3.8) is 0 Å². The summed E-state index contributed by atoms with van der Waals surface area (Å²) in [6, 6.07) is 15.9. The number of amides is 2. The van der Waals surface area contributed by atoms with Crippen molar-refractivity contribution >= 4 is 33.8 Å². The summed E-state index contributed by atoms with van der Waals surface area (Å²) in [5.74, 6) is -0.353. The first-order valence-electron chi connectivity index (χ1n) is 10.1. The van der Waals surface area contributed by atoms with Gasteiger partial charge in [0.15, 0.2) is 0 Å². The average molecular weight is 418 g/mol. The Bertz CT molecular complexity index is 1320. The third-order valence-corrected chi connectivity index (χ3v) is 4.99. The zero-order chi connectivity index (χ0) is 21.8. The van der Waals surface area contributed by atoms with E-state index in [9.17, 15) is 14.4 Å². The fourth-order valence-corrected chi connectivity index (χ4v) is 3.42. The predicted molar refractivity (Wildman–Crippen MR) is 116 cm³/mol. The van der Waals surface area contributed by atoms with Gasteiger partial charge < -0.3 is 8.98 Å². The Labute approximate surface area is 177 Å². The highest BCUT2D eigenvalue weighted by atomic mass is 16.4. The number of nitrogens with one attached hydrogen (secondary N) is 2. The van der Waals surface area contributed by atoms with Crippen LogP contribution in [0.25, 0.3) is 22.0 Å². The van der Waals surface area contributed by atoms with Crippen molar-refractivity contribution in [1.82, 2.24) is 20.4 Å². The van der Waals surface area contributed by atoms with Gasteiger partial charge >= 0.3 is 5.63 Å². The van der Waals surface area contributed by atoms with E-state index in [4.69, 9.17) is 4.42 Å². The van der Waals surface area contributed by atoms with E-state index in [-0.39, 0.29) is 12.1 Å². The number of nitrogens with zero attached hydrogens (tertiary/aromatic N) is 2. The second-order valence-electron chi connectivity index (χ2n) is 7.19. The first-order valence-corrected chi connectivity index (χ1v) is 10.1. The molecule has 4 aromatic rings. The lowest BCUT2D eigenvalue weighted by molar-refractivity contribution is -0.122. The molecule has 0 saturated carbocycles. The molecule has 158 valence electrons. The number of imidazole rings is 1. The summed E-state index contributed by atoms with van der Waals surface area (Å²) in [6.45, 7) is 2.09. The third kappa shape index (κ3) is 4.32. The molecule has 0 unspecified atom stereocenters. The van der Waals surface area contributed by atoms with Gasteiger partial charge in [-0.15, -0.1) is 0 Å². The minimum absolute atomic E-state index is 0.00777. The zero-order valence-electron chi connectivity index (χ0n) is 17.1. The molecule has 0 aliphatic rings. The number of hydrazine groups is 1. The van der Waals surface area contributed by atoms with E-state index >= 15 is 0 Å². The summed E-state index contributed by atoms with van der Waals surface area (Å²) in [4.78, 5) is 41.7. The highest BCUT2D eigenvalue weighted by molar-refractivity contribution is 5.97. The summed E-state index contributed by atoms with van der Waals surface area (Å²) in [6.07, 6.45) is 2.72. The van der Waals surface area contributed by atoms with Crippen LogP contribution in [0.5, 0.6) is 0 Å². The molecule has 2 heterocycles. The highest BCUT2D eigenvalue weighted by Gasteiger charge is 2.16. The number of rotatable bonds is 6. The van der Waals surface area contributed by atoms with Crippen LogP contribution in [0.1, 0.15) is 35.9 Å². The molecule has 0 bridgehead atoms. The van der Waals surface area contributed by atoms with E-state index in [0.717, 1.165) is 36.1 Å². The lowest BCUT2D eigenvalue weighted by atomic mass is 10.2. The van der Waals surface area contributed by atoms with E-state index in [0.29, 0.717) is 11.0 Å². The molecule has 0 saturated heterocycles. The largest absolute Gasteiger partial charge is 0.422 e. The Hall–Kier alpha value is -3.94. The van der Waals surface area contributed by atoms with Gasteiger partial charge in [-0.25, -0.2) is 9.78 Å². The number of carbonyl (C=O) groups is 2. The molecule has 8 nitrogen and oxygen atoms in total. The molecule has 8 heteroatoms. The second kappa shape index (κ2) is 8.83. The lowest BCUT2D eigenvalue weighted by Crippen LogP contribution is -2.44. The van der Waals surface area contributed by atoms with Crippen molar-refractivity contribution in [2.24, 2.45) is 0 Å². The summed E-state index contributed by atoms with van der Waals surface area (Å²) in [5.41, 5.74) is 5.77. The molecule has 2 amide bonds. The molecule has 2 N–H and O–H groups in total. The Morgan fingerprint density at radius 2 is 1.84 bits per heavy atom. The Kier molecular flexibility index (Phi) is 5.79. The summed E-state index contributed by atoms with van der Waals surface area (Å²) in [5, 5.41) is 0.615. The van der Waals surface area contributed by atoms with Crippen LogP contribution in [-0.2, 0) is 17.8 Å². The number of para-hydroxylation sites is 3. The third-order valence-electron chi connectivity index (χ3n) is 4.99. The van der Waals surface area contributed by atoms with Crippen molar-refractivity contribution in [2.45, 2.75) is 32.7 Å². The van der Waals surface area contributed by atoms with Crippen LogP contribution in [0.4, 0.5) is 0 Å². The smallest absolute Gasteiger partial charge is 0.349 e. The van der Waals surface area contributed by atoms with Crippen LogP contribution in [-0.4, -0.2) is 21.4 Å². The number of fused-ring (bicyclic) bond motifs is 2. The normalized spacial score (nSPS) is 11.0. The standard InChI is InChI=1S/C23H22N4O4/c1-2-3-12-20-24-17-9-5-6-10-18(17)27(20)14-21(28)25-26-22(29)16-13-15-8-4-7-11-19(15)31-23(16)30/h4-11,13H,2-3,12,14H2,1H3,(H,25,28)(H,26,29). The van der Waals surface area contributed by atoms with E-state index in [2.05, 4.69) is 22.8 Å². The van der Waals surface area contributed by atoms with Gasteiger partial charge in [0.25, 0.3) is 11.8 Å². The van der Waals surface area contributed by atoms with Crippen molar-refractivity contribution in [3.8, 4) is 0 Å². The first kappa shape index (κ1) is 20.3. The van der Waals surface area contributed by atoms with Crippen molar-refractivity contribution in [1.29, 1.82) is 0 Å². The molecule has 0 radical (unpaired) electrons. The monoisotopic (exact) mass is 418 g/mol. The minimum Gasteiger partial charge on any atom is -0.422 e. The Morgan fingerprint density at radius 1 is 1.06 bits per heavy atom. The molecular formula is C23H22N4O4. The minimum atomic E-state index is -0.770. The quantitative estimate of drug-likeness (QED) is 0.370. The van der Waals surface area contributed by atoms with Crippen molar-refractivity contribution in [2.75, 3.05) is 0 Å². The number of hydrogen-bond acceptors (Lipinski definition) is 5. The maximum atomic E-state index is 12.5. The van der Waals surface area contributed by atoms with Crippen LogP contribution in [0.15, 0.2) is 63.8 Å². The average Bonchev–Trinajstić information content (AvgIpc) is 3.12. The molecular weight excluding hydrogens is 396 g/mol. The van der Waals surface area contributed by atoms with Crippen molar-refractivity contribution in [3.05, 3.63) is 76.4 Å². The predicted octanol–water partition coefficient (Wildman–Crippen LogP) is 2.95. The van der Waals surface area contributed by atoms with Gasteiger partial charge in [0, 0.05) is 11.8 Å². The second-order valence-corrected chi connectivity index (χ2v) is 7.19. The molecule has 2 aromatic carbocycles. The number of carbonyl (C=O) groups excluding carboxylic acids is 2. The fourth-order valence-electron chi connectivity index (χ4n) is 3.42. The van der Waals surface area contributed by atoms with Gasteiger partial charge in [0.05, 0.1) is 11.0 Å². The highest BCUT2D eigenvalue weighted by Crippen LogP contribution is 2.17. The Balaban J connectivity index is 1.48. The SMILES string of the molecule is CCCCc1nc2ccccc2n1CC(=O)NNC(=O)c1cc2ccccc2oc1=O. The lowest BCUT2D eigenvalue weighted by Gasteiger charge is -2.11. The van der Waals surface area contributed by atoms with Gasteiger partial charge in [0.2, 0.25) is 0 Å². The Morgan fingerprint density at radius 3 is 2.68 bits per heavy atom. The maximum Gasteiger partial charge on any atom is 0.349 e. The fraction of sp³-hybridized carbons (Fsp3) is 0.217. The topological polar surface area (TPSA) is 106 Å². The van der Waals surface area contributed by atoms with Gasteiger partial charge in [0.1, 0.15) is 23.5 Å². The molecule has 0 aliphatic heterocycles. The van der Waals surface area contributed by atoms with E-state index in [1.807, 2.05) is 28.8 Å². The van der Waals surface area contributed by atoms with Gasteiger partial charge in [-0.1, -0.05) is 43.7 Å². The molecule has 0 spiro atoms. The van der Waals surface area contributed by atoms with E-state index in [1.54, 1.807) is 24.3 Å². The number of aryl methyl sites for hydroxylation is 1. The summed E-state index contributed by atoms with van der Waals surface area (Å²) >= 11 is 0. The van der Waals surface area contributed by atoms with E-state index < -0.39 is 17.4 Å².